The van der Waals surface area contributed by atoms with Crippen LogP contribution in [0.15, 0.2) is 66.9 Å². The van der Waals surface area contributed by atoms with Crippen LogP contribution in [0.1, 0.15) is 42.1 Å². The van der Waals surface area contributed by atoms with Gasteiger partial charge in [-0.3, -0.25) is 9.78 Å². The maximum absolute atomic E-state index is 14.7. The van der Waals surface area contributed by atoms with Crippen LogP contribution in [0.3, 0.4) is 0 Å². The van der Waals surface area contributed by atoms with E-state index in [2.05, 4.69) is 17.2 Å². The Balaban J connectivity index is 1.59. The summed E-state index contributed by atoms with van der Waals surface area (Å²) in [5.41, 5.74) is 1.72. The first-order valence-electron chi connectivity index (χ1n) is 9.87. The van der Waals surface area contributed by atoms with Crippen LogP contribution in [0, 0.1) is 5.82 Å². The molecule has 150 valence electrons. The summed E-state index contributed by atoms with van der Waals surface area (Å²) in [5.74, 6) is -0.522. The van der Waals surface area contributed by atoms with Crippen LogP contribution in [0.25, 0.3) is 10.9 Å². The van der Waals surface area contributed by atoms with Gasteiger partial charge in [0.05, 0.1) is 5.52 Å². The van der Waals surface area contributed by atoms with E-state index < -0.39 is 5.82 Å². The predicted octanol–water partition coefficient (Wildman–Crippen LogP) is 5.43. The fraction of sp³-hybridized carbons (Fsp3) is 0.250. The number of carbonyl (C=O) groups excluding carboxylic acids is 1. The van der Waals surface area contributed by atoms with Gasteiger partial charge < -0.3 is 10.1 Å². The largest absolute Gasteiger partial charge is 0.486 e. The van der Waals surface area contributed by atoms with Gasteiger partial charge in [-0.05, 0) is 36.8 Å². The molecule has 0 bridgehead atoms. The van der Waals surface area contributed by atoms with E-state index >= 15 is 0 Å². The van der Waals surface area contributed by atoms with Crippen molar-refractivity contribution in [3.8, 4) is 5.75 Å². The molecular weight excluding hydrogens is 367 g/mol. The van der Waals surface area contributed by atoms with E-state index in [0.717, 1.165) is 30.2 Å². The van der Waals surface area contributed by atoms with Gasteiger partial charge in [0.15, 0.2) is 11.6 Å². The third kappa shape index (κ3) is 5.64. The van der Waals surface area contributed by atoms with E-state index in [0.29, 0.717) is 17.7 Å². The number of amides is 1. The summed E-state index contributed by atoms with van der Waals surface area (Å²) in [7, 11) is 0. The van der Waals surface area contributed by atoms with Crippen molar-refractivity contribution in [3.05, 3.63) is 83.8 Å². The maximum atomic E-state index is 14.7. The smallest absolute Gasteiger partial charge is 0.251 e. The van der Waals surface area contributed by atoms with Crippen molar-refractivity contribution in [1.29, 1.82) is 0 Å². The molecule has 1 amide bonds. The Morgan fingerprint density at radius 1 is 1.17 bits per heavy atom. The van der Waals surface area contributed by atoms with Crippen LogP contribution in [-0.4, -0.2) is 17.5 Å². The highest BCUT2D eigenvalue weighted by Crippen LogP contribution is 2.21. The lowest BCUT2D eigenvalue weighted by Crippen LogP contribution is -2.23. The number of fused-ring (bicyclic) bond motifs is 1. The molecule has 4 nitrogen and oxygen atoms in total. The molecule has 0 aliphatic heterocycles. The minimum absolute atomic E-state index is 0.0826. The second-order valence-corrected chi connectivity index (χ2v) is 6.75. The number of ether oxygens (including phenoxy) is 1. The summed E-state index contributed by atoms with van der Waals surface area (Å²) in [6, 6.07) is 14.0. The van der Waals surface area contributed by atoms with Crippen molar-refractivity contribution in [3.63, 3.8) is 0 Å². The topological polar surface area (TPSA) is 51.2 Å². The molecule has 3 rings (SSSR count). The molecular formula is C24H25FN2O2. The number of unbranched alkanes of at least 4 members (excludes halogenated alkanes) is 2. The number of hydrogen-bond acceptors (Lipinski definition) is 3. The van der Waals surface area contributed by atoms with Crippen molar-refractivity contribution in [1.82, 2.24) is 10.3 Å². The molecule has 2 aromatic carbocycles. The Bertz CT molecular complexity index is 1000. The van der Waals surface area contributed by atoms with Gasteiger partial charge in [-0.1, -0.05) is 50.1 Å². The molecule has 0 saturated carbocycles. The highest BCUT2D eigenvalue weighted by Gasteiger charge is 2.11. The number of halogens is 1. The third-order valence-corrected chi connectivity index (χ3v) is 4.57. The molecule has 1 heterocycles. The monoisotopic (exact) mass is 392 g/mol. The average Bonchev–Trinajstić information content (AvgIpc) is 2.75. The molecule has 0 fully saturated rings. The Morgan fingerprint density at radius 2 is 2.07 bits per heavy atom. The summed E-state index contributed by atoms with van der Waals surface area (Å²) in [5, 5.41) is 3.65. The summed E-state index contributed by atoms with van der Waals surface area (Å²) < 4.78 is 20.2. The molecule has 0 unspecified atom stereocenters. The Labute approximate surface area is 170 Å². The minimum Gasteiger partial charge on any atom is -0.486 e. The fourth-order valence-electron chi connectivity index (χ4n) is 2.94. The number of aromatic nitrogens is 1. The van der Waals surface area contributed by atoms with Gasteiger partial charge in [-0.2, -0.15) is 0 Å². The summed E-state index contributed by atoms with van der Waals surface area (Å²) in [6.45, 7) is 2.54. The molecule has 0 aliphatic rings. The number of hydrogen-bond donors (Lipinski definition) is 1. The van der Waals surface area contributed by atoms with Crippen LogP contribution >= 0.6 is 0 Å². The maximum Gasteiger partial charge on any atom is 0.251 e. The number of rotatable bonds is 9. The van der Waals surface area contributed by atoms with Gasteiger partial charge in [0.1, 0.15) is 6.61 Å². The first-order chi connectivity index (χ1) is 14.2. The first kappa shape index (κ1) is 20.5. The lowest BCUT2D eigenvalue weighted by Gasteiger charge is -2.10. The van der Waals surface area contributed by atoms with Crippen LogP contribution in [0.4, 0.5) is 4.39 Å². The van der Waals surface area contributed by atoms with Gasteiger partial charge in [0.25, 0.3) is 5.91 Å². The van der Waals surface area contributed by atoms with Gasteiger partial charge >= 0.3 is 0 Å². The normalized spacial score (nSPS) is 11.1. The fourth-order valence-corrected chi connectivity index (χ4v) is 2.94. The average molecular weight is 392 g/mol. The number of benzene rings is 2. The van der Waals surface area contributed by atoms with E-state index in [4.69, 9.17) is 4.74 Å². The lowest BCUT2D eigenvalue weighted by molar-refractivity contribution is 0.0950. The van der Waals surface area contributed by atoms with Gasteiger partial charge in [-0.25, -0.2) is 4.39 Å². The third-order valence-electron chi connectivity index (χ3n) is 4.57. The van der Waals surface area contributed by atoms with E-state index in [1.807, 2.05) is 24.3 Å². The molecule has 1 N–H and O–H groups in total. The number of pyridine rings is 1. The zero-order chi connectivity index (χ0) is 20.5. The van der Waals surface area contributed by atoms with Crippen molar-refractivity contribution in [2.24, 2.45) is 0 Å². The number of nitrogens with zero attached hydrogens (tertiary/aromatic N) is 1. The van der Waals surface area contributed by atoms with Crippen LogP contribution < -0.4 is 10.1 Å². The van der Waals surface area contributed by atoms with Crippen LogP contribution in [0.5, 0.6) is 5.75 Å². The number of carbonyl (C=O) groups is 1. The van der Waals surface area contributed by atoms with Crippen molar-refractivity contribution < 1.29 is 13.9 Å². The Kier molecular flexibility index (Phi) is 7.34. The molecule has 0 spiro atoms. The molecule has 1 aromatic heterocycles. The van der Waals surface area contributed by atoms with Crippen molar-refractivity contribution >= 4 is 16.8 Å². The standard InChI is InChI=1S/C24H25FN2O2/c1-2-3-4-5-6-15-29-22-11-7-9-20(23(22)25)17-27-24(28)19-12-13-21-18(16-19)10-8-14-26-21/h5-14,16H,2-4,15,17H2,1H3,(H,27,28)/b6-5+. The van der Waals surface area contributed by atoms with Crippen LogP contribution in [0.2, 0.25) is 0 Å². The quantitative estimate of drug-likeness (QED) is 0.390. The van der Waals surface area contributed by atoms with E-state index in [1.54, 1.807) is 42.6 Å². The molecule has 0 radical (unpaired) electrons. The number of nitrogens with one attached hydrogen (secondary N) is 1. The van der Waals surface area contributed by atoms with E-state index in [-0.39, 0.29) is 18.2 Å². The van der Waals surface area contributed by atoms with Gasteiger partial charge in [0, 0.05) is 29.3 Å². The molecule has 0 saturated heterocycles. The van der Waals surface area contributed by atoms with E-state index in [9.17, 15) is 9.18 Å². The van der Waals surface area contributed by atoms with Crippen LogP contribution in [-0.2, 0) is 6.54 Å². The van der Waals surface area contributed by atoms with Crippen molar-refractivity contribution in [2.75, 3.05) is 6.61 Å². The summed E-state index contributed by atoms with van der Waals surface area (Å²) in [6.07, 6.45) is 8.93. The molecule has 0 atom stereocenters. The molecule has 29 heavy (non-hydrogen) atoms. The first-order valence-corrected chi connectivity index (χ1v) is 9.87. The number of allylic oxidation sites excluding steroid dienone is 1. The zero-order valence-electron chi connectivity index (χ0n) is 16.5. The second-order valence-electron chi connectivity index (χ2n) is 6.75. The van der Waals surface area contributed by atoms with Gasteiger partial charge in [-0.15, -0.1) is 0 Å². The SMILES string of the molecule is CCCC/C=C/COc1cccc(CNC(=O)c2ccc3ncccc3c2)c1F. The highest BCUT2D eigenvalue weighted by molar-refractivity contribution is 5.97. The summed E-state index contributed by atoms with van der Waals surface area (Å²) >= 11 is 0. The Morgan fingerprint density at radius 3 is 2.93 bits per heavy atom. The molecule has 5 heteroatoms. The van der Waals surface area contributed by atoms with E-state index in [1.165, 1.54) is 0 Å². The minimum atomic E-state index is -0.447. The summed E-state index contributed by atoms with van der Waals surface area (Å²) in [4.78, 5) is 16.7. The molecule has 3 aromatic rings. The van der Waals surface area contributed by atoms with Gasteiger partial charge in [0.2, 0.25) is 0 Å². The zero-order valence-corrected chi connectivity index (χ0v) is 16.5. The predicted molar refractivity (Wildman–Crippen MR) is 113 cm³/mol. The lowest BCUT2D eigenvalue weighted by atomic mass is 10.1. The Hall–Kier alpha value is -3.21. The van der Waals surface area contributed by atoms with Crippen molar-refractivity contribution in [2.45, 2.75) is 32.7 Å². The highest BCUT2D eigenvalue weighted by atomic mass is 19.1. The molecule has 0 aliphatic carbocycles. The second kappa shape index (κ2) is 10.4.